The SMILES string of the molecule is COc1ccc(Cl)cc1C(NN)c1ccccc1N. The summed E-state index contributed by atoms with van der Waals surface area (Å²) in [6.07, 6.45) is 0. The van der Waals surface area contributed by atoms with Crippen molar-refractivity contribution in [1.82, 2.24) is 5.43 Å². The highest BCUT2D eigenvalue weighted by Gasteiger charge is 2.19. The third-order valence-corrected chi connectivity index (χ3v) is 3.21. The van der Waals surface area contributed by atoms with Gasteiger partial charge in [-0.1, -0.05) is 29.8 Å². The summed E-state index contributed by atoms with van der Waals surface area (Å²) in [5.74, 6) is 6.38. The van der Waals surface area contributed by atoms with Gasteiger partial charge in [-0.05, 0) is 29.8 Å². The standard InChI is InChI=1S/C14H16ClN3O/c1-19-13-7-6-9(15)8-11(13)14(18-17)10-4-2-3-5-12(10)16/h2-8,14,18H,16-17H2,1H3. The third-order valence-electron chi connectivity index (χ3n) is 2.98. The molecule has 0 spiro atoms. The number of nitrogens with two attached hydrogens (primary N) is 2. The van der Waals surface area contributed by atoms with Crippen LogP contribution in [0.1, 0.15) is 17.2 Å². The number of nitrogens with one attached hydrogen (secondary N) is 1. The van der Waals surface area contributed by atoms with Crippen LogP contribution in [0.3, 0.4) is 0 Å². The maximum Gasteiger partial charge on any atom is 0.124 e. The molecule has 0 fully saturated rings. The van der Waals surface area contributed by atoms with Crippen LogP contribution in [0, 0.1) is 0 Å². The van der Waals surface area contributed by atoms with Gasteiger partial charge in [-0.2, -0.15) is 0 Å². The van der Waals surface area contributed by atoms with Crippen LogP contribution < -0.4 is 21.7 Å². The molecule has 2 aromatic rings. The second-order valence-corrected chi connectivity index (χ2v) is 4.55. The first kappa shape index (κ1) is 13.7. The van der Waals surface area contributed by atoms with Gasteiger partial charge in [0.15, 0.2) is 0 Å². The molecule has 2 rings (SSSR count). The number of nitrogen functional groups attached to an aromatic ring is 1. The summed E-state index contributed by atoms with van der Waals surface area (Å²) in [5, 5.41) is 0.616. The Balaban J connectivity index is 2.54. The average molecular weight is 278 g/mol. The van der Waals surface area contributed by atoms with Crippen LogP contribution >= 0.6 is 11.6 Å². The topological polar surface area (TPSA) is 73.3 Å². The zero-order chi connectivity index (χ0) is 13.8. The Morgan fingerprint density at radius 1 is 1.16 bits per heavy atom. The van der Waals surface area contributed by atoms with E-state index in [2.05, 4.69) is 5.43 Å². The average Bonchev–Trinajstić information content (AvgIpc) is 2.42. The van der Waals surface area contributed by atoms with Gasteiger partial charge in [0.25, 0.3) is 0 Å². The minimum Gasteiger partial charge on any atom is -0.496 e. The first-order valence-corrected chi connectivity index (χ1v) is 6.19. The third kappa shape index (κ3) is 2.81. The van der Waals surface area contributed by atoms with Crippen molar-refractivity contribution in [3.8, 4) is 5.75 Å². The Labute approximate surface area is 117 Å². The number of benzene rings is 2. The van der Waals surface area contributed by atoms with Gasteiger partial charge < -0.3 is 10.5 Å². The van der Waals surface area contributed by atoms with E-state index in [-0.39, 0.29) is 6.04 Å². The molecule has 0 radical (unpaired) electrons. The van der Waals surface area contributed by atoms with Crippen molar-refractivity contribution in [2.45, 2.75) is 6.04 Å². The van der Waals surface area contributed by atoms with E-state index in [1.807, 2.05) is 30.3 Å². The number of hydrogen-bond acceptors (Lipinski definition) is 4. The predicted molar refractivity (Wildman–Crippen MR) is 78.0 cm³/mol. The lowest BCUT2D eigenvalue weighted by Crippen LogP contribution is -2.29. The molecule has 0 aliphatic heterocycles. The first-order chi connectivity index (χ1) is 9.17. The Morgan fingerprint density at radius 2 is 1.89 bits per heavy atom. The monoisotopic (exact) mass is 277 g/mol. The highest BCUT2D eigenvalue weighted by Crippen LogP contribution is 2.33. The largest absolute Gasteiger partial charge is 0.496 e. The number of anilines is 1. The number of methoxy groups -OCH3 is 1. The van der Waals surface area contributed by atoms with E-state index < -0.39 is 0 Å². The highest BCUT2D eigenvalue weighted by atomic mass is 35.5. The van der Waals surface area contributed by atoms with Crippen LogP contribution in [-0.4, -0.2) is 7.11 Å². The molecule has 0 bridgehead atoms. The fourth-order valence-electron chi connectivity index (χ4n) is 2.05. The van der Waals surface area contributed by atoms with Crippen molar-refractivity contribution < 1.29 is 4.74 Å². The molecular weight excluding hydrogens is 262 g/mol. The molecule has 1 atom stereocenters. The van der Waals surface area contributed by atoms with E-state index in [9.17, 15) is 0 Å². The predicted octanol–water partition coefficient (Wildman–Crippen LogP) is 2.48. The smallest absolute Gasteiger partial charge is 0.124 e. The van der Waals surface area contributed by atoms with Gasteiger partial charge in [0.2, 0.25) is 0 Å². The molecule has 0 saturated carbocycles. The molecule has 0 amide bonds. The van der Waals surface area contributed by atoms with Gasteiger partial charge in [0, 0.05) is 16.3 Å². The Kier molecular flexibility index (Phi) is 4.27. The lowest BCUT2D eigenvalue weighted by molar-refractivity contribution is 0.404. The van der Waals surface area contributed by atoms with E-state index in [4.69, 9.17) is 27.9 Å². The maximum absolute atomic E-state index is 6.05. The minimum atomic E-state index is -0.283. The van der Waals surface area contributed by atoms with Crippen molar-refractivity contribution in [2.75, 3.05) is 12.8 Å². The summed E-state index contributed by atoms with van der Waals surface area (Å²) in [6.45, 7) is 0. The van der Waals surface area contributed by atoms with Crippen LogP contribution in [0.25, 0.3) is 0 Å². The van der Waals surface area contributed by atoms with Crippen LogP contribution in [-0.2, 0) is 0 Å². The van der Waals surface area contributed by atoms with E-state index >= 15 is 0 Å². The van der Waals surface area contributed by atoms with Crippen molar-refractivity contribution >= 4 is 17.3 Å². The van der Waals surface area contributed by atoms with Crippen LogP contribution in [0.2, 0.25) is 5.02 Å². The lowest BCUT2D eigenvalue weighted by atomic mass is 9.97. The summed E-state index contributed by atoms with van der Waals surface area (Å²) in [4.78, 5) is 0. The Morgan fingerprint density at radius 3 is 2.53 bits per heavy atom. The van der Waals surface area contributed by atoms with Gasteiger partial charge in [-0.15, -0.1) is 0 Å². The van der Waals surface area contributed by atoms with Crippen molar-refractivity contribution in [2.24, 2.45) is 5.84 Å². The second-order valence-electron chi connectivity index (χ2n) is 4.11. The normalized spacial score (nSPS) is 12.2. The van der Waals surface area contributed by atoms with Crippen LogP contribution in [0.15, 0.2) is 42.5 Å². The van der Waals surface area contributed by atoms with Gasteiger partial charge in [-0.3, -0.25) is 5.84 Å². The molecule has 2 aromatic carbocycles. The summed E-state index contributed by atoms with van der Waals surface area (Å²) in [6, 6.07) is 12.6. The molecule has 0 aliphatic rings. The van der Waals surface area contributed by atoms with Crippen LogP contribution in [0.4, 0.5) is 5.69 Å². The molecule has 5 heteroatoms. The number of rotatable bonds is 4. The van der Waals surface area contributed by atoms with Crippen LogP contribution in [0.5, 0.6) is 5.75 Å². The summed E-state index contributed by atoms with van der Waals surface area (Å²) >= 11 is 6.05. The highest BCUT2D eigenvalue weighted by molar-refractivity contribution is 6.30. The second kappa shape index (κ2) is 5.93. The van der Waals surface area contributed by atoms with Gasteiger partial charge in [-0.25, -0.2) is 5.43 Å². The Hall–Kier alpha value is -1.75. The zero-order valence-corrected chi connectivity index (χ0v) is 11.3. The molecule has 100 valence electrons. The molecule has 5 N–H and O–H groups in total. The molecular formula is C14H16ClN3O. The molecule has 0 aliphatic carbocycles. The molecule has 1 unspecified atom stereocenters. The van der Waals surface area contributed by atoms with E-state index in [0.29, 0.717) is 16.5 Å². The Bertz CT molecular complexity index is 574. The van der Waals surface area contributed by atoms with Crippen molar-refractivity contribution in [1.29, 1.82) is 0 Å². The summed E-state index contributed by atoms with van der Waals surface area (Å²) < 4.78 is 5.35. The number of hydrazine groups is 1. The molecule has 0 heterocycles. The fraction of sp³-hybridized carbons (Fsp3) is 0.143. The number of halogens is 1. The number of para-hydroxylation sites is 1. The first-order valence-electron chi connectivity index (χ1n) is 5.81. The van der Waals surface area contributed by atoms with E-state index in [0.717, 1.165) is 11.1 Å². The van der Waals surface area contributed by atoms with Crippen molar-refractivity contribution in [3.05, 3.63) is 58.6 Å². The minimum absolute atomic E-state index is 0.283. The van der Waals surface area contributed by atoms with Crippen molar-refractivity contribution in [3.63, 3.8) is 0 Å². The quantitative estimate of drug-likeness (QED) is 0.456. The molecule has 4 nitrogen and oxygen atoms in total. The molecule has 0 aromatic heterocycles. The van der Waals surface area contributed by atoms with E-state index in [1.54, 1.807) is 19.2 Å². The van der Waals surface area contributed by atoms with Gasteiger partial charge in [0.05, 0.1) is 13.2 Å². The van der Waals surface area contributed by atoms with Gasteiger partial charge >= 0.3 is 0 Å². The number of ether oxygens (including phenoxy) is 1. The summed E-state index contributed by atoms with van der Waals surface area (Å²) in [7, 11) is 1.61. The molecule has 19 heavy (non-hydrogen) atoms. The van der Waals surface area contributed by atoms with E-state index in [1.165, 1.54) is 0 Å². The lowest BCUT2D eigenvalue weighted by Gasteiger charge is -2.21. The zero-order valence-electron chi connectivity index (χ0n) is 10.6. The summed E-state index contributed by atoms with van der Waals surface area (Å²) in [5.41, 5.74) is 11.1. The fourth-order valence-corrected chi connectivity index (χ4v) is 2.23. The molecule has 0 saturated heterocycles. The number of hydrogen-bond donors (Lipinski definition) is 3. The maximum atomic E-state index is 6.05. The van der Waals surface area contributed by atoms with Gasteiger partial charge in [0.1, 0.15) is 5.75 Å².